The van der Waals surface area contributed by atoms with Crippen LogP contribution >= 0.6 is 0 Å². The quantitative estimate of drug-likeness (QED) is 0.516. The predicted molar refractivity (Wildman–Crippen MR) is 93.0 cm³/mol. The van der Waals surface area contributed by atoms with Gasteiger partial charge in [-0.1, -0.05) is 87.6 Å². The molecule has 0 amide bonds. The molecular formula is C19H24N2O2. The highest BCUT2D eigenvalue weighted by molar-refractivity contribution is 5.81. The van der Waals surface area contributed by atoms with E-state index in [1.807, 2.05) is 0 Å². The smallest absolute Gasteiger partial charge is 0.222 e. The molecule has 0 unspecified atom stereocenters. The van der Waals surface area contributed by atoms with Gasteiger partial charge in [-0.05, 0) is 16.7 Å². The summed E-state index contributed by atoms with van der Waals surface area (Å²) in [6.07, 6.45) is 8.94. The highest BCUT2D eigenvalue weighted by Gasteiger charge is 2.05. The van der Waals surface area contributed by atoms with E-state index in [0.29, 0.717) is 0 Å². The Balaban J connectivity index is 0.000000326. The van der Waals surface area contributed by atoms with E-state index in [1.165, 1.54) is 42.9 Å². The first-order valence-corrected chi connectivity index (χ1v) is 7.71. The molecule has 4 nitrogen and oxygen atoms in total. The average Bonchev–Trinajstić information content (AvgIpc) is 2.58. The lowest BCUT2D eigenvalue weighted by molar-refractivity contribution is 0.385. The zero-order valence-corrected chi connectivity index (χ0v) is 13.5. The zero-order chi connectivity index (χ0) is 17.3. The molecule has 1 aliphatic rings. The van der Waals surface area contributed by atoms with Gasteiger partial charge < -0.3 is 0 Å². The Morgan fingerprint density at radius 2 is 1.09 bits per heavy atom. The van der Waals surface area contributed by atoms with Crippen molar-refractivity contribution in [1.29, 1.82) is 10.8 Å². The number of isocyanates is 2. The molecule has 0 atom stereocenters. The molecule has 0 saturated heterocycles. The van der Waals surface area contributed by atoms with Crippen LogP contribution in [-0.4, -0.2) is 12.2 Å². The number of hydrogen-bond donors (Lipinski definition) is 2. The number of nitrogens with one attached hydrogen (secondary N) is 2. The molecule has 2 N–H and O–H groups in total. The summed E-state index contributed by atoms with van der Waals surface area (Å²) in [5.41, 5.74) is 0. The normalized spacial score (nSPS) is 12.7. The Morgan fingerprint density at radius 1 is 0.783 bits per heavy atom. The van der Waals surface area contributed by atoms with Crippen LogP contribution in [0, 0.1) is 16.7 Å². The van der Waals surface area contributed by atoms with E-state index in [-0.39, 0.29) is 0 Å². The summed E-state index contributed by atoms with van der Waals surface area (Å²) >= 11 is 0. The third kappa shape index (κ3) is 10.8. The maximum atomic E-state index is 8.35. The molecule has 23 heavy (non-hydrogen) atoms. The minimum absolute atomic E-state index is 0.750. The van der Waals surface area contributed by atoms with Crippen LogP contribution in [0.2, 0.25) is 0 Å². The van der Waals surface area contributed by atoms with Crippen molar-refractivity contribution in [3.05, 3.63) is 48.5 Å². The van der Waals surface area contributed by atoms with Crippen LogP contribution in [-0.2, 0) is 9.59 Å². The largest absolute Gasteiger partial charge is 0.231 e. The molecule has 1 saturated carbocycles. The second-order valence-corrected chi connectivity index (χ2v) is 5.29. The van der Waals surface area contributed by atoms with Gasteiger partial charge in [-0.15, -0.1) is 0 Å². The summed E-state index contributed by atoms with van der Waals surface area (Å²) in [7, 11) is 0. The van der Waals surface area contributed by atoms with Crippen molar-refractivity contribution in [1.82, 2.24) is 0 Å². The lowest BCUT2D eigenvalue weighted by atomic mass is 9.91. The Kier molecular flexibility index (Phi) is 12.8. The molecule has 0 aromatic heterocycles. The SMILES string of the molecule is CC1CCCCC1.N=C=O.N=C=O.c1ccc2ccccc2c1. The topological polar surface area (TPSA) is 81.8 Å². The van der Waals surface area contributed by atoms with Crippen molar-refractivity contribution < 1.29 is 9.59 Å². The summed E-state index contributed by atoms with van der Waals surface area (Å²) in [6, 6.07) is 16.7. The van der Waals surface area contributed by atoms with Crippen LogP contribution in [0.3, 0.4) is 0 Å². The van der Waals surface area contributed by atoms with Gasteiger partial charge in [0.1, 0.15) is 0 Å². The molecule has 1 aliphatic carbocycles. The lowest BCUT2D eigenvalue weighted by Crippen LogP contribution is -1.99. The fourth-order valence-corrected chi connectivity index (χ4v) is 2.44. The summed E-state index contributed by atoms with van der Waals surface area (Å²) < 4.78 is 0. The van der Waals surface area contributed by atoms with Crippen LogP contribution in [0.25, 0.3) is 10.8 Å². The Labute approximate surface area is 137 Å². The molecule has 0 heterocycles. The molecule has 1 fully saturated rings. The number of fused-ring (bicyclic) bond motifs is 1. The molecule has 122 valence electrons. The van der Waals surface area contributed by atoms with Crippen molar-refractivity contribution >= 4 is 22.9 Å². The fourth-order valence-electron chi connectivity index (χ4n) is 2.44. The van der Waals surface area contributed by atoms with Crippen LogP contribution in [0.15, 0.2) is 48.5 Å². The Morgan fingerprint density at radius 3 is 1.30 bits per heavy atom. The van der Waals surface area contributed by atoms with E-state index in [9.17, 15) is 0 Å². The first-order chi connectivity index (χ1) is 11.2. The first-order valence-electron chi connectivity index (χ1n) is 7.71. The number of rotatable bonds is 0. The first kappa shape index (κ1) is 20.5. The molecule has 0 bridgehead atoms. The van der Waals surface area contributed by atoms with Crippen molar-refractivity contribution in [2.75, 3.05) is 0 Å². The summed E-state index contributed by atoms with van der Waals surface area (Å²) in [6.45, 7) is 2.36. The zero-order valence-electron chi connectivity index (χ0n) is 13.5. The molecule has 0 radical (unpaired) electrons. The van der Waals surface area contributed by atoms with Gasteiger partial charge >= 0.3 is 0 Å². The van der Waals surface area contributed by atoms with Gasteiger partial charge in [-0.25, -0.2) is 20.4 Å². The molecule has 4 heteroatoms. The van der Waals surface area contributed by atoms with Crippen LogP contribution in [0.5, 0.6) is 0 Å². The summed E-state index contributed by atoms with van der Waals surface area (Å²) in [4.78, 5) is 16.7. The van der Waals surface area contributed by atoms with Crippen molar-refractivity contribution in [3.8, 4) is 0 Å². The summed E-state index contributed by atoms with van der Waals surface area (Å²) in [5.74, 6) is 1.04. The van der Waals surface area contributed by atoms with Gasteiger partial charge in [0.05, 0.1) is 0 Å². The summed E-state index contributed by atoms with van der Waals surface area (Å²) in [5, 5.41) is 13.4. The van der Waals surface area contributed by atoms with E-state index in [1.54, 1.807) is 0 Å². The van der Waals surface area contributed by atoms with E-state index < -0.39 is 0 Å². The van der Waals surface area contributed by atoms with Crippen molar-refractivity contribution in [2.45, 2.75) is 39.0 Å². The van der Waals surface area contributed by atoms with E-state index >= 15 is 0 Å². The van der Waals surface area contributed by atoms with Crippen LogP contribution in [0.1, 0.15) is 39.0 Å². The van der Waals surface area contributed by atoms with Gasteiger partial charge in [-0.2, -0.15) is 0 Å². The molecule has 0 aliphatic heterocycles. The van der Waals surface area contributed by atoms with Crippen LogP contribution in [0.4, 0.5) is 0 Å². The maximum Gasteiger partial charge on any atom is 0.231 e. The van der Waals surface area contributed by atoms with Gasteiger partial charge in [-0.3, -0.25) is 0 Å². The predicted octanol–water partition coefficient (Wildman–Crippen LogP) is 5.23. The fraction of sp³-hybridized carbons (Fsp3) is 0.368. The number of hydrogen-bond acceptors (Lipinski definition) is 4. The van der Waals surface area contributed by atoms with Gasteiger partial charge in [0.15, 0.2) is 0 Å². The Hall–Kier alpha value is -2.54. The Bertz CT molecular complexity index is 530. The molecule has 2 aromatic rings. The van der Waals surface area contributed by atoms with Gasteiger partial charge in [0, 0.05) is 0 Å². The molecule has 2 aromatic carbocycles. The maximum absolute atomic E-state index is 8.35. The third-order valence-corrected chi connectivity index (χ3v) is 3.55. The molecule has 0 spiro atoms. The standard InChI is InChI=1S/C10H8.C7H14.2CHNO/c1-2-6-10-8-4-3-7-9(10)5-1;1-7-5-3-2-4-6-7;2*2-1-3/h1-8H;7H,2-6H2,1H3;2*2H. The van der Waals surface area contributed by atoms with E-state index in [2.05, 4.69) is 55.5 Å². The van der Waals surface area contributed by atoms with Crippen LogP contribution < -0.4 is 0 Å². The highest BCUT2D eigenvalue weighted by Crippen LogP contribution is 2.22. The van der Waals surface area contributed by atoms with Gasteiger partial charge in [0.2, 0.25) is 12.2 Å². The lowest BCUT2D eigenvalue weighted by Gasteiger charge is -2.15. The third-order valence-electron chi connectivity index (χ3n) is 3.55. The second-order valence-electron chi connectivity index (χ2n) is 5.29. The monoisotopic (exact) mass is 312 g/mol. The minimum Gasteiger partial charge on any atom is -0.222 e. The second kappa shape index (κ2) is 14.4. The molecular weight excluding hydrogens is 288 g/mol. The highest BCUT2D eigenvalue weighted by atomic mass is 16.1. The van der Waals surface area contributed by atoms with Crippen molar-refractivity contribution in [2.24, 2.45) is 5.92 Å². The molecule has 3 rings (SSSR count). The minimum atomic E-state index is 0.750. The number of benzene rings is 2. The average molecular weight is 312 g/mol. The van der Waals surface area contributed by atoms with Crippen molar-refractivity contribution in [3.63, 3.8) is 0 Å². The van der Waals surface area contributed by atoms with E-state index in [0.717, 1.165) is 18.1 Å². The van der Waals surface area contributed by atoms with Gasteiger partial charge in [0.25, 0.3) is 0 Å². The number of carbonyl (C=O) groups excluding carboxylic acids is 2. The van der Waals surface area contributed by atoms with E-state index in [4.69, 9.17) is 20.4 Å².